The van der Waals surface area contributed by atoms with Gasteiger partial charge in [0, 0.05) is 43.5 Å². The summed E-state index contributed by atoms with van der Waals surface area (Å²) in [4.78, 5) is 27.6. The molecule has 0 aromatic heterocycles. The predicted molar refractivity (Wildman–Crippen MR) is 207 cm³/mol. The topological polar surface area (TPSA) is 165 Å². The molecular formula is C40H62N6O8. The average molecular weight is 755 g/mol. The summed E-state index contributed by atoms with van der Waals surface area (Å²) in [5.41, 5.74) is 8.33. The molecule has 4 N–H and O–H groups in total. The minimum absolute atomic E-state index is 0.0655. The standard InChI is InChI=1S/C40H62N6O8/c1-2-3-4-5-6-10-19-49-20-21-50-22-23-51-24-25-52-26-27-53-28-29-54-32-35-30-37(42-33-41)13-14-38(35)44-45-40(48)39(47)43-36-15-17-46(18-16-36)31-34-11-8-7-9-12-34/h7-9,11-14,30,36,42,44H,2-6,10,15-29,31-32H2,1H3,(H,43,47)(H,45,48). The second kappa shape index (κ2) is 29.5. The molecule has 300 valence electrons. The van der Waals surface area contributed by atoms with Gasteiger partial charge in [0.2, 0.25) is 0 Å². The van der Waals surface area contributed by atoms with Crippen molar-refractivity contribution in [2.75, 3.05) is 96.5 Å². The van der Waals surface area contributed by atoms with Gasteiger partial charge in [-0.3, -0.25) is 30.7 Å². The number of piperidine rings is 1. The molecule has 14 nitrogen and oxygen atoms in total. The third-order valence-corrected chi connectivity index (χ3v) is 8.75. The van der Waals surface area contributed by atoms with Crippen LogP contribution in [-0.4, -0.2) is 109 Å². The van der Waals surface area contributed by atoms with Gasteiger partial charge in [-0.05, 0) is 43.0 Å². The molecule has 0 aliphatic carbocycles. The van der Waals surface area contributed by atoms with E-state index in [1.54, 1.807) is 18.2 Å². The molecule has 1 heterocycles. The largest absolute Gasteiger partial charge is 0.379 e. The molecule has 0 spiro atoms. The second-order valence-corrected chi connectivity index (χ2v) is 13.1. The lowest BCUT2D eigenvalue weighted by atomic mass is 10.0. The molecule has 0 radical (unpaired) electrons. The number of amides is 2. The average Bonchev–Trinajstić information content (AvgIpc) is 3.19. The van der Waals surface area contributed by atoms with E-state index in [-0.39, 0.29) is 12.6 Å². The number of ether oxygens (including phenoxy) is 6. The third-order valence-electron chi connectivity index (χ3n) is 8.75. The molecule has 0 unspecified atom stereocenters. The summed E-state index contributed by atoms with van der Waals surface area (Å²) in [6.45, 7) is 10.5. The lowest BCUT2D eigenvalue weighted by Gasteiger charge is -2.32. The number of carbonyl (C=O) groups excluding carboxylic acids is 2. The number of anilines is 2. The summed E-state index contributed by atoms with van der Waals surface area (Å²) in [5.74, 6) is -1.49. The van der Waals surface area contributed by atoms with Crippen molar-refractivity contribution < 1.29 is 38.0 Å². The second-order valence-electron chi connectivity index (χ2n) is 13.1. The first-order valence-electron chi connectivity index (χ1n) is 19.5. The number of nitrogens with zero attached hydrogens (tertiary/aromatic N) is 2. The van der Waals surface area contributed by atoms with Gasteiger partial charge in [-0.2, -0.15) is 5.26 Å². The Hall–Kier alpha value is -3.81. The smallest absolute Gasteiger partial charge is 0.327 e. The van der Waals surface area contributed by atoms with E-state index in [1.165, 1.54) is 37.7 Å². The van der Waals surface area contributed by atoms with Gasteiger partial charge < -0.3 is 33.7 Å². The molecule has 0 atom stereocenters. The van der Waals surface area contributed by atoms with E-state index in [4.69, 9.17) is 33.7 Å². The van der Waals surface area contributed by atoms with Crippen molar-refractivity contribution in [1.82, 2.24) is 15.6 Å². The fraction of sp³-hybridized carbons (Fsp3) is 0.625. The molecule has 54 heavy (non-hydrogen) atoms. The Morgan fingerprint density at radius 3 is 1.91 bits per heavy atom. The normalized spacial score (nSPS) is 13.3. The van der Waals surface area contributed by atoms with E-state index in [0.29, 0.717) is 83.0 Å². The lowest BCUT2D eigenvalue weighted by Crippen LogP contribution is -2.49. The number of nitrogens with one attached hydrogen (secondary N) is 4. The van der Waals surface area contributed by atoms with Crippen LogP contribution in [0.25, 0.3) is 0 Å². The van der Waals surface area contributed by atoms with Crippen LogP contribution in [0.2, 0.25) is 0 Å². The Balaban J connectivity index is 1.18. The van der Waals surface area contributed by atoms with Gasteiger partial charge in [-0.25, -0.2) is 0 Å². The number of hydrogen-bond donors (Lipinski definition) is 4. The monoisotopic (exact) mass is 754 g/mol. The number of hydrogen-bond acceptors (Lipinski definition) is 12. The lowest BCUT2D eigenvalue weighted by molar-refractivity contribution is -0.139. The van der Waals surface area contributed by atoms with E-state index in [0.717, 1.165) is 45.5 Å². The zero-order valence-corrected chi connectivity index (χ0v) is 32.1. The fourth-order valence-corrected chi connectivity index (χ4v) is 5.75. The summed E-state index contributed by atoms with van der Waals surface area (Å²) in [6, 6.07) is 15.3. The Kier molecular flexibility index (Phi) is 24.4. The van der Waals surface area contributed by atoms with Crippen LogP contribution >= 0.6 is 0 Å². The first kappa shape index (κ1) is 44.6. The van der Waals surface area contributed by atoms with Crippen LogP contribution in [-0.2, 0) is 51.2 Å². The maximum Gasteiger partial charge on any atom is 0.327 e. The van der Waals surface area contributed by atoms with Crippen molar-refractivity contribution in [3.8, 4) is 6.19 Å². The molecule has 0 saturated carbocycles. The Morgan fingerprint density at radius 1 is 0.722 bits per heavy atom. The zero-order chi connectivity index (χ0) is 38.3. The van der Waals surface area contributed by atoms with Crippen LogP contribution in [0.5, 0.6) is 0 Å². The van der Waals surface area contributed by atoms with Gasteiger partial charge in [0.15, 0.2) is 6.19 Å². The zero-order valence-electron chi connectivity index (χ0n) is 32.1. The number of carbonyl (C=O) groups is 2. The highest BCUT2D eigenvalue weighted by molar-refractivity contribution is 6.35. The minimum atomic E-state index is -0.792. The summed E-state index contributed by atoms with van der Waals surface area (Å²) in [5, 5.41) is 14.5. The van der Waals surface area contributed by atoms with E-state index < -0.39 is 11.8 Å². The molecular weight excluding hydrogens is 692 g/mol. The van der Waals surface area contributed by atoms with Gasteiger partial charge in [0.05, 0.1) is 78.4 Å². The van der Waals surface area contributed by atoms with Gasteiger partial charge in [0.25, 0.3) is 0 Å². The van der Waals surface area contributed by atoms with Crippen molar-refractivity contribution in [3.05, 3.63) is 59.7 Å². The van der Waals surface area contributed by atoms with E-state index >= 15 is 0 Å². The summed E-state index contributed by atoms with van der Waals surface area (Å²) >= 11 is 0. The highest BCUT2D eigenvalue weighted by Crippen LogP contribution is 2.21. The van der Waals surface area contributed by atoms with Crippen LogP contribution in [0.15, 0.2) is 48.5 Å². The van der Waals surface area contributed by atoms with Gasteiger partial charge >= 0.3 is 11.8 Å². The molecule has 2 aromatic carbocycles. The summed E-state index contributed by atoms with van der Waals surface area (Å²) in [7, 11) is 0. The van der Waals surface area contributed by atoms with Crippen molar-refractivity contribution in [2.24, 2.45) is 0 Å². The fourth-order valence-electron chi connectivity index (χ4n) is 5.75. The van der Waals surface area contributed by atoms with Crippen LogP contribution in [0.4, 0.5) is 11.4 Å². The minimum Gasteiger partial charge on any atom is -0.379 e. The first-order valence-corrected chi connectivity index (χ1v) is 19.5. The van der Waals surface area contributed by atoms with Crippen molar-refractivity contribution in [2.45, 2.75) is 77.5 Å². The van der Waals surface area contributed by atoms with Crippen molar-refractivity contribution in [1.29, 1.82) is 5.26 Å². The Bertz CT molecular complexity index is 1320. The van der Waals surface area contributed by atoms with E-state index in [9.17, 15) is 9.59 Å². The third kappa shape index (κ3) is 20.6. The predicted octanol–water partition coefficient (Wildman–Crippen LogP) is 4.76. The Morgan fingerprint density at radius 2 is 1.30 bits per heavy atom. The first-order chi connectivity index (χ1) is 26.6. The molecule has 1 aliphatic rings. The molecule has 14 heteroatoms. The SMILES string of the molecule is CCCCCCCCOCCOCCOCCOCCOCCOCc1cc(NC#N)ccc1NNC(=O)C(=O)NC1CCN(Cc2ccccc2)CC1. The van der Waals surface area contributed by atoms with Gasteiger partial charge in [0.1, 0.15) is 0 Å². The van der Waals surface area contributed by atoms with E-state index in [2.05, 4.69) is 45.4 Å². The quantitative estimate of drug-likeness (QED) is 0.0285. The van der Waals surface area contributed by atoms with Crippen molar-refractivity contribution >= 4 is 23.2 Å². The molecule has 1 fully saturated rings. The summed E-state index contributed by atoms with van der Waals surface area (Å²) < 4.78 is 33.6. The molecule has 2 aromatic rings. The van der Waals surface area contributed by atoms with Crippen LogP contribution in [0.3, 0.4) is 0 Å². The van der Waals surface area contributed by atoms with Crippen LogP contribution in [0, 0.1) is 11.5 Å². The molecule has 2 amide bonds. The van der Waals surface area contributed by atoms with Gasteiger partial charge in [-0.15, -0.1) is 0 Å². The number of nitriles is 1. The molecule has 1 aliphatic heterocycles. The van der Waals surface area contributed by atoms with Gasteiger partial charge in [-0.1, -0.05) is 69.4 Å². The van der Waals surface area contributed by atoms with Crippen LogP contribution < -0.4 is 21.5 Å². The maximum atomic E-state index is 12.6. The molecule has 3 rings (SSSR count). The molecule has 1 saturated heterocycles. The number of unbranched alkanes of at least 4 members (excludes halogenated alkanes) is 5. The number of rotatable bonds is 30. The highest BCUT2D eigenvalue weighted by Gasteiger charge is 2.23. The highest BCUT2D eigenvalue weighted by atomic mass is 16.6. The van der Waals surface area contributed by atoms with E-state index in [1.807, 2.05) is 24.4 Å². The number of likely N-dealkylation sites (tertiary alicyclic amines) is 1. The van der Waals surface area contributed by atoms with Crippen LogP contribution in [0.1, 0.15) is 69.4 Å². The molecule has 0 bridgehead atoms. The summed E-state index contributed by atoms with van der Waals surface area (Å²) in [6.07, 6.45) is 11.0. The number of benzene rings is 2. The Labute approximate surface area is 321 Å². The maximum absolute atomic E-state index is 12.6. The number of hydrazine groups is 1. The van der Waals surface area contributed by atoms with Crippen molar-refractivity contribution in [3.63, 3.8) is 0 Å².